The van der Waals surface area contributed by atoms with Crippen molar-refractivity contribution in [1.29, 1.82) is 0 Å². The number of nitrogens with two attached hydrogens (primary N) is 1. The quantitative estimate of drug-likeness (QED) is 0.610. The van der Waals surface area contributed by atoms with Gasteiger partial charge in [0.25, 0.3) is 0 Å². The van der Waals surface area contributed by atoms with E-state index in [1.807, 2.05) is 18.2 Å². The van der Waals surface area contributed by atoms with Gasteiger partial charge in [-0.1, -0.05) is 6.07 Å². The van der Waals surface area contributed by atoms with Gasteiger partial charge in [0.05, 0.1) is 14.2 Å². The molecule has 2 amide bonds. The van der Waals surface area contributed by atoms with Crippen LogP contribution < -0.4 is 20.6 Å². The fourth-order valence-corrected chi connectivity index (χ4v) is 1.48. The molecule has 6 heteroatoms. The number of nitrogens with one attached hydrogen (secondary N) is 1. The first-order valence-electron chi connectivity index (χ1n) is 5.36. The molecule has 0 saturated carbocycles. The number of nitrogens with zero attached hydrogens (tertiary/aromatic N) is 1. The third-order valence-corrected chi connectivity index (χ3v) is 2.26. The number of amides is 2. The number of carbonyl (C=O) groups is 1. The fourth-order valence-electron chi connectivity index (χ4n) is 1.48. The first kappa shape index (κ1) is 13.8. The molecule has 0 aromatic heterocycles. The SMILES string of the molecule is COc1ccc(C/C(C)=N\NC(N)=O)cc1OC. The van der Waals surface area contributed by atoms with Gasteiger partial charge in [-0.05, 0) is 24.6 Å². The Morgan fingerprint density at radius 2 is 2.00 bits per heavy atom. The number of benzene rings is 1. The van der Waals surface area contributed by atoms with Crippen molar-refractivity contribution in [2.45, 2.75) is 13.3 Å². The number of hydrogen-bond acceptors (Lipinski definition) is 4. The minimum Gasteiger partial charge on any atom is -0.493 e. The largest absolute Gasteiger partial charge is 0.493 e. The Labute approximate surface area is 106 Å². The molecule has 0 aliphatic heterocycles. The molecule has 0 saturated heterocycles. The molecule has 0 bridgehead atoms. The van der Waals surface area contributed by atoms with E-state index in [1.54, 1.807) is 21.1 Å². The van der Waals surface area contributed by atoms with Crippen molar-refractivity contribution < 1.29 is 14.3 Å². The third kappa shape index (κ3) is 3.97. The van der Waals surface area contributed by atoms with Crippen LogP contribution in [0, 0.1) is 0 Å². The van der Waals surface area contributed by atoms with Crippen LogP contribution in [-0.4, -0.2) is 26.0 Å². The van der Waals surface area contributed by atoms with Crippen LogP contribution in [0.4, 0.5) is 4.79 Å². The summed E-state index contributed by atoms with van der Waals surface area (Å²) in [5.41, 5.74) is 8.85. The molecule has 98 valence electrons. The summed E-state index contributed by atoms with van der Waals surface area (Å²) < 4.78 is 10.3. The molecule has 0 spiro atoms. The number of ether oxygens (including phenoxy) is 2. The molecule has 0 aliphatic carbocycles. The van der Waals surface area contributed by atoms with E-state index in [1.165, 1.54) is 0 Å². The highest BCUT2D eigenvalue weighted by Gasteiger charge is 2.05. The molecular formula is C12H17N3O3. The van der Waals surface area contributed by atoms with Crippen molar-refractivity contribution in [3.05, 3.63) is 23.8 Å². The van der Waals surface area contributed by atoms with Crippen LogP contribution in [0.1, 0.15) is 12.5 Å². The van der Waals surface area contributed by atoms with Gasteiger partial charge >= 0.3 is 6.03 Å². The van der Waals surface area contributed by atoms with Crippen LogP contribution in [0.15, 0.2) is 23.3 Å². The summed E-state index contributed by atoms with van der Waals surface area (Å²) in [6, 6.07) is 4.91. The summed E-state index contributed by atoms with van der Waals surface area (Å²) >= 11 is 0. The van der Waals surface area contributed by atoms with Crippen molar-refractivity contribution in [3.8, 4) is 11.5 Å². The summed E-state index contributed by atoms with van der Waals surface area (Å²) in [7, 11) is 3.16. The van der Waals surface area contributed by atoms with E-state index in [2.05, 4.69) is 10.5 Å². The molecule has 18 heavy (non-hydrogen) atoms. The van der Waals surface area contributed by atoms with E-state index in [4.69, 9.17) is 15.2 Å². The first-order chi connectivity index (χ1) is 8.56. The monoisotopic (exact) mass is 251 g/mol. The lowest BCUT2D eigenvalue weighted by Crippen LogP contribution is -2.25. The lowest BCUT2D eigenvalue weighted by Gasteiger charge is -2.09. The van der Waals surface area contributed by atoms with Gasteiger partial charge in [-0.15, -0.1) is 0 Å². The summed E-state index contributed by atoms with van der Waals surface area (Å²) in [5, 5.41) is 3.84. The summed E-state index contributed by atoms with van der Waals surface area (Å²) in [6.45, 7) is 1.80. The molecule has 0 fully saturated rings. The minimum atomic E-state index is -0.679. The number of carbonyl (C=O) groups excluding carboxylic acids is 1. The molecule has 0 aliphatic rings. The number of methoxy groups -OCH3 is 2. The smallest absolute Gasteiger partial charge is 0.332 e. The Balaban J connectivity index is 2.79. The average Bonchev–Trinajstić information content (AvgIpc) is 2.36. The van der Waals surface area contributed by atoms with Crippen molar-refractivity contribution in [2.24, 2.45) is 10.8 Å². The van der Waals surface area contributed by atoms with E-state index in [-0.39, 0.29) is 0 Å². The fraction of sp³-hybridized carbons (Fsp3) is 0.333. The lowest BCUT2D eigenvalue weighted by molar-refractivity contribution is 0.249. The van der Waals surface area contributed by atoms with Gasteiger partial charge in [-0.25, -0.2) is 10.2 Å². The highest BCUT2D eigenvalue weighted by atomic mass is 16.5. The highest BCUT2D eigenvalue weighted by molar-refractivity contribution is 5.85. The van der Waals surface area contributed by atoms with Gasteiger partial charge in [-0.3, -0.25) is 0 Å². The van der Waals surface area contributed by atoms with E-state index in [0.717, 1.165) is 11.3 Å². The van der Waals surface area contributed by atoms with Crippen molar-refractivity contribution >= 4 is 11.7 Å². The zero-order valence-corrected chi connectivity index (χ0v) is 10.7. The first-order valence-corrected chi connectivity index (χ1v) is 5.36. The zero-order chi connectivity index (χ0) is 13.5. The van der Waals surface area contributed by atoms with Crippen molar-refractivity contribution in [2.75, 3.05) is 14.2 Å². The minimum absolute atomic E-state index is 0.584. The number of rotatable bonds is 5. The molecule has 0 radical (unpaired) electrons. The number of urea groups is 1. The second kappa shape index (κ2) is 6.48. The van der Waals surface area contributed by atoms with Crippen LogP contribution in [0.25, 0.3) is 0 Å². The van der Waals surface area contributed by atoms with Crippen LogP contribution in [0.2, 0.25) is 0 Å². The maximum atomic E-state index is 10.5. The highest BCUT2D eigenvalue weighted by Crippen LogP contribution is 2.27. The zero-order valence-electron chi connectivity index (χ0n) is 10.7. The second-order valence-electron chi connectivity index (χ2n) is 3.69. The van der Waals surface area contributed by atoms with Crippen LogP contribution in [0.5, 0.6) is 11.5 Å². The Morgan fingerprint density at radius 1 is 1.33 bits per heavy atom. The maximum Gasteiger partial charge on any atom is 0.332 e. The maximum absolute atomic E-state index is 10.5. The lowest BCUT2D eigenvalue weighted by atomic mass is 10.1. The van der Waals surface area contributed by atoms with Gasteiger partial charge in [0.2, 0.25) is 0 Å². The van der Waals surface area contributed by atoms with Crippen molar-refractivity contribution in [3.63, 3.8) is 0 Å². The molecule has 1 aromatic carbocycles. The summed E-state index contributed by atoms with van der Waals surface area (Å²) in [5.74, 6) is 1.33. The van der Waals surface area contributed by atoms with E-state index in [9.17, 15) is 4.79 Å². The van der Waals surface area contributed by atoms with Crippen LogP contribution >= 0.6 is 0 Å². The van der Waals surface area contributed by atoms with Gasteiger partial charge in [0, 0.05) is 12.1 Å². The third-order valence-electron chi connectivity index (χ3n) is 2.26. The van der Waals surface area contributed by atoms with Gasteiger partial charge < -0.3 is 15.2 Å². The van der Waals surface area contributed by atoms with Gasteiger partial charge in [-0.2, -0.15) is 5.10 Å². The molecule has 3 N–H and O–H groups in total. The summed E-state index contributed by atoms with van der Waals surface area (Å²) in [6.07, 6.45) is 0.584. The molecular weight excluding hydrogens is 234 g/mol. The van der Waals surface area contributed by atoms with Crippen LogP contribution in [-0.2, 0) is 6.42 Å². The number of hydrazone groups is 1. The molecule has 0 unspecified atom stereocenters. The number of hydrogen-bond donors (Lipinski definition) is 2. The standard InChI is InChI=1S/C12H17N3O3/c1-8(14-15-12(13)16)6-9-4-5-10(17-2)11(7-9)18-3/h4-5,7H,6H2,1-3H3,(H3,13,15,16)/b14-8-. The molecule has 6 nitrogen and oxygen atoms in total. The van der Waals surface area contributed by atoms with E-state index < -0.39 is 6.03 Å². The Hall–Kier alpha value is -2.24. The van der Waals surface area contributed by atoms with E-state index >= 15 is 0 Å². The average molecular weight is 251 g/mol. The van der Waals surface area contributed by atoms with Gasteiger partial charge in [0.1, 0.15) is 0 Å². The predicted molar refractivity (Wildman–Crippen MR) is 69.1 cm³/mol. The van der Waals surface area contributed by atoms with Crippen LogP contribution in [0.3, 0.4) is 0 Å². The predicted octanol–water partition coefficient (Wildman–Crippen LogP) is 1.29. The van der Waals surface area contributed by atoms with Crippen molar-refractivity contribution in [1.82, 2.24) is 5.43 Å². The normalized spacial score (nSPS) is 10.9. The number of primary amides is 1. The summed E-state index contributed by atoms with van der Waals surface area (Å²) in [4.78, 5) is 10.5. The van der Waals surface area contributed by atoms with E-state index in [0.29, 0.717) is 17.9 Å². The second-order valence-corrected chi connectivity index (χ2v) is 3.69. The molecule has 1 aromatic rings. The Morgan fingerprint density at radius 3 is 2.56 bits per heavy atom. The molecule has 0 atom stereocenters. The molecule has 0 heterocycles. The topological polar surface area (TPSA) is 85.9 Å². The Kier molecular flexibility index (Phi) is 4.98. The van der Waals surface area contributed by atoms with Gasteiger partial charge in [0.15, 0.2) is 11.5 Å². The molecule has 1 rings (SSSR count). The Bertz CT molecular complexity index is 458.